The lowest BCUT2D eigenvalue weighted by molar-refractivity contribution is 0.131. The molecule has 1 saturated heterocycles. The summed E-state index contributed by atoms with van der Waals surface area (Å²) in [6.45, 7) is 3.61. The van der Waals surface area contributed by atoms with E-state index in [0.717, 1.165) is 13.0 Å². The van der Waals surface area contributed by atoms with Crippen LogP contribution in [-0.4, -0.2) is 43.3 Å². The van der Waals surface area contributed by atoms with E-state index >= 15 is 0 Å². The molecule has 1 aliphatic rings. The number of nitrogens with one attached hydrogen (secondary N) is 1. The Bertz CT molecular complexity index is 356. The third kappa shape index (κ3) is 3.56. The molecule has 3 nitrogen and oxygen atoms in total. The average Bonchev–Trinajstić information content (AvgIpc) is 2.51. The summed E-state index contributed by atoms with van der Waals surface area (Å²) < 4.78 is 0. The molecule has 0 radical (unpaired) electrons. The molecule has 0 bridgehead atoms. The van der Waals surface area contributed by atoms with E-state index in [1.54, 1.807) is 0 Å². The van der Waals surface area contributed by atoms with E-state index < -0.39 is 0 Å². The summed E-state index contributed by atoms with van der Waals surface area (Å²) in [5.74, 6) is 0. The van der Waals surface area contributed by atoms with E-state index in [1.807, 2.05) is 25.2 Å². The zero-order chi connectivity index (χ0) is 13.6. The Morgan fingerprint density at radius 1 is 1.16 bits per heavy atom. The molecule has 1 unspecified atom stereocenters. The smallest absolute Gasteiger partial charge is 0.0678 e. The molecule has 0 amide bonds. The van der Waals surface area contributed by atoms with Gasteiger partial charge in [0.05, 0.1) is 12.1 Å². The molecular weight excluding hydrogens is 236 g/mol. The van der Waals surface area contributed by atoms with Gasteiger partial charge in [0.15, 0.2) is 0 Å². The van der Waals surface area contributed by atoms with E-state index in [4.69, 9.17) is 0 Å². The van der Waals surface area contributed by atoms with Crippen molar-refractivity contribution in [2.45, 2.75) is 31.2 Å². The molecule has 2 rings (SSSR count). The Balaban J connectivity index is 2.02. The van der Waals surface area contributed by atoms with Crippen molar-refractivity contribution < 1.29 is 5.11 Å². The summed E-state index contributed by atoms with van der Waals surface area (Å²) in [6, 6.07) is 10.3. The standard InChI is InChI=1S/C16H26N2O/c1-17-16(14-19,15-8-4-2-5-9-15)10-13-18-11-6-3-7-12-18/h2,4-5,8-9,17,19H,3,6-7,10-14H2,1H3. The Labute approximate surface area is 116 Å². The first-order valence-corrected chi connectivity index (χ1v) is 7.38. The summed E-state index contributed by atoms with van der Waals surface area (Å²) in [5, 5.41) is 13.2. The number of piperidine rings is 1. The van der Waals surface area contributed by atoms with Crippen LogP contribution < -0.4 is 5.32 Å². The number of likely N-dealkylation sites (tertiary alicyclic amines) is 1. The van der Waals surface area contributed by atoms with Crippen molar-refractivity contribution in [1.29, 1.82) is 0 Å². The van der Waals surface area contributed by atoms with Gasteiger partial charge in [-0.2, -0.15) is 0 Å². The van der Waals surface area contributed by atoms with Gasteiger partial charge < -0.3 is 15.3 Å². The van der Waals surface area contributed by atoms with E-state index in [2.05, 4.69) is 22.3 Å². The summed E-state index contributed by atoms with van der Waals surface area (Å²) in [4.78, 5) is 2.52. The second kappa shape index (κ2) is 7.04. The first-order valence-electron chi connectivity index (χ1n) is 7.38. The monoisotopic (exact) mass is 262 g/mol. The summed E-state index contributed by atoms with van der Waals surface area (Å²) >= 11 is 0. The topological polar surface area (TPSA) is 35.5 Å². The Kier molecular flexibility index (Phi) is 5.37. The largest absolute Gasteiger partial charge is 0.394 e. The number of hydrogen-bond acceptors (Lipinski definition) is 3. The van der Waals surface area contributed by atoms with Crippen molar-refractivity contribution in [1.82, 2.24) is 10.2 Å². The van der Waals surface area contributed by atoms with E-state index in [-0.39, 0.29) is 12.1 Å². The quantitative estimate of drug-likeness (QED) is 0.823. The minimum absolute atomic E-state index is 0.140. The lowest BCUT2D eigenvalue weighted by atomic mass is 9.87. The first-order chi connectivity index (χ1) is 9.30. The average molecular weight is 262 g/mol. The summed E-state index contributed by atoms with van der Waals surface area (Å²) in [7, 11) is 1.94. The van der Waals surface area contributed by atoms with E-state index in [1.165, 1.54) is 37.9 Å². The molecule has 1 fully saturated rings. The van der Waals surface area contributed by atoms with Gasteiger partial charge in [0.2, 0.25) is 0 Å². The number of likely N-dealkylation sites (N-methyl/N-ethyl adjacent to an activating group) is 1. The van der Waals surface area contributed by atoms with Gasteiger partial charge in [0, 0.05) is 6.54 Å². The molecule has 1 aliphatic heterocycles. The zero-order valence-electron chi connectivity index (χ0n) is 11.9. The third-order valence-electron chi connectivity index (χ3n) is 4.38. The molecule has 0 spiro atoms. The van der Waals surface area contributed by atoms with Gasteiger partial charge in [0.25, 0.3) is 0 Å². The molecule has 1 aromatic rings. The molecule has 3 heteroatoms. The minimum atomic E-state index is -0.307. The van der Waals surface area contributed by atoms with Gasteiger partial charge in [-0.05, 0) is 45.0 Å². The van der Waals surface area contributed by atoms with Crippen LogP contribution in [0.4, 0.5) is 0 Å². The second-order valence-corrected chi connectivity index (χ2v) is 5.51. The predicted octanol–water partition coefficient (Wildman–Crippen LogP) is 1.97. The molecule has 1 atom stereocenters. The third-order valence-corrected chi connectivity index (χ3v) is 4.38. The molecule has 1 heterocycles. The predicted molar refractivity (Wildman–Crippen MR) is 79.2 cm³/mol. The van der Waals surface area contributed by atoms with Crippen LogP contribution in [0.25, 0.3) is 0 Å². The van der Waals surface area contributed by atoms with Crippen LogP contribution in [0, 0.1) is 0 Å². The van der Waals surface area contributed by atoms with Gasteiger partial charge in [-0.15, -0.1) is 0 Å². The highest BCUT2D eigenvalue weighted by molar-refractivity contribution is 5.24. The maximum atomic E-state index is 9.88. The molecule has 2 N–H and O–H groups in total. The Morgan fingerprint density at radius 3 is 2.42 bits per heavy atom. The van der Waals surface area contributed by atoms with Gasteiger partial charge in [-0.1, -0.05) is 36.8 Å². The van der Waals surface area contributed by atoms with Crippen molar-refractivity contribution in [2.24, 2.45) is 0 Å². The highest BCUT2D eigenvalue weighted by Crippen LogP contribution is 2.25. The fraction of sp³-hybridized carbons (Fsp3) is 0.625. The lowest BCUT2D eigenvalue weighted by Gasteiger charge is -2.35. The number of aliphatic hydroxyl groups excluding tert-OH is 1. The maximum absolute atomic E-state index is 9.88. The van der Waals surface area contributed by atoms with Crippen LogP contribution in [0.15, 0.2) is 30.3 Å². The summed E-state index contributed by atoms with van der Waals surface area (Å²) in [6.07, 6.45) is 4.95. The van der Waals surface area contributed by atoms with Crippen molar-refractivity contribution >= 4 is 0 Å². The van der Waals surface area contributed by atoms with E-state index in [0.29, 0.717) is 0 Å². The second-order valence-electron chi connectivity index (χ2n) is 5.51. The van der Waals surface area contributed by atoms with E-state index in [9.17, 15) is 5.11 Å². The lowest BCUT2D eigenvalue weighted by Crippen LogP contribution is -2.46. The molecule has 19 heavy (non-hydrogen) atoms. The fourth-order valence-electron chi connectivity index (χ4n) is 2.95. The fourth-order valence-corrected chi connectivity index (χ4v) is 2.95. The van der Waals surface area contributed by atoms with Crippen LogP contribution in [0.2, 0.25) is 0 Å². The van der Waals surface area contributed by atoms with Crippen LogP contribution in [0.3, 0.4) is 0 Å². The molecule has 106 valence electrons. The maximum Gasteiger partial charge on any atom is 0.0678 e. The molecule has 0 saturated carbocycles. The SMILES string of the molecule is CNC(CO)(CCN1CCCCC1)c1ccccc1. The Hall–Kier alpha value is -0.900. The van der Waals surface area contributed by atoms with Crippen LogP contribution in [-0.2, 0) is 5.54 Å². The number of nitrogens with zero attached hydrogens (tertiary/aromatic N) is 1. The van der Waals surface area contributed by atoms with Gasteiger partial charge in [-0.3, -0.25) is 0 Å². The zero-order valence-corrected chi connectivity index (χ0v) is 11.9. The van der Waals surface area contributed by atoms with Crippen molar-refractivity contribution in [3.8, 4) is 0 Å². The Morgan fingerprint density at radius 2 is 1.84 bits per heavy atom. The normalized spacial score (nSPS) is 20.1. The molecule has 1 aromatic carbocycles. The molecule has 0 aromatic heterocycles. The minimum Gasteiger partial charge on any atom is -0.394 e. The highest BCUT2D eigenvalue weighted by atomic mass is 16.3. The highest BCUT2D eigenvalue weighted by Gasteiger charge is 2.30. The van der Waals surface area contributed by atoms with Gasteiger partial charge >= 0.3 is 0 Å². The molecule has 0 aliphatic carbocycles. The van der Waals surface area contributed by atoms with Crippen molar-refractivity contribution in [2.75, 3.05) is 33.3 Å². The van der Waals surface area contributed by atoms with Crippen LogP contribution >= 0.6 is 0 Å². The number of benzene rings is 1. The van der Waals surface area contributed by atoms with Crippen LogP contribution in [0.5, 0.6) is 0 Å². The number of hydrogen-bond donors (Lipinski definition) is 2. The molecular formula is C16H26N2O. The first kappa shape index (κ1) is 14.5. The number of aliphatic hydroxyl groups is 1. The van der Waals surface area contributed by atoms with Gasteiger partial charge in [-0.25, -0.2) is 0 Å². The van der Waals surface area contributed by atoms with Crippen molar-refractivity contribution in [3.05, 3.63) is 35.9 Å². The number of rotatable bonds is 6. The van der Waals surface area contributed by atoms with Crippen molar-refractivity contribution in [3.63, 3.8) is 0 Å². The van der Waals surface area contributed by atoms with Crippen LogP contribution in [0.1, 0.15) is 31.2 Å². The summed E-state index contributed by atoms with van der Waals surface area (Å²) in [5.41, 5.74) is 0.871. The van der Waals surface area contributed by atoms with Gasteiger partial charge in [0.1, 0.15) is 0 Å².